The Kier molecular flexibility index (Phi) is 4.05. The number of carbonyl (C=O) groups excluding carboxylic acids is 1. The number of halogens is 1. The molecule has 0 radical (unpaired) electrons. The zero-order valence-electron chi connectivity index (χ0n) is 8.57. The van der Waals surface area contributed by atoms with E-state index in [4.69, 9.17) is 11.6 Å². The number of pyridine rings is 1. The summed E-state index contributed by atoms with van der Waals surface area (Å²) in [6.45, 7) is 3.32. The number of aromatic nitrogens is 1. The third-order valence-corrected chi connectivity index (χ3v) is 2.24. The van der Waals surface area contributed by atoms with Crippen LogP contribution >= 0.6 is 11.6 Å². The molecule has 0 saturated carbocycles. The molecule has 1 heterocycles. The van der Waals surface area contributed by atoms with Crippen LogP contribution in [0.4, 0.5) is 0 Å². The zero-order chi connectivity index (χ0) is 11.4. The zero-order valence-corrected chi connectivity index (χ0v) is 9.32. The van der Waals surface area contributed by atoms with Gasteiger partial charge in [-0.2, -0.15) is 0 Å². The Morgan fingerprint density at radius 2 is 2.20 bits per heavy atom. The van der Waals surface area contributed by atoms with Crippen LogP contribution in [0.25, 0.3) is 0 Å². The lowest BCUT2D eigenvalue weighted by molar-refractivity contribution is 0.0869. The second-order valence-corrected chi connectivity index (χ2v) is 3.74. The van der Waals surface area contributed by atoms with Crippen LogP contribution in [0.1, 0.15) is 24.3 Å². The minimum atomic E-state index is -0.604. The molecule has 1 aromatic rings. The van der Waals surface area contributed by atoms with E-state index in [-0.39, 0.29) is 22.8 Å². The highest BCUT2D eigenvalue weighted by Crippen LogP contribution is 2.05. The fourth-order valence-electron chi connectivity index (χ4n) is 0.936. The molecule has 82 valence electrons. The molecule has 0 spiro atoms. The van der Waals surface area contributed by atoms with E-state index in [1.807, 2.05) is 0 Å². The van der Waals surface area contributed by atoms with Crippen molar-refractivity contribution in [2.24, 2.45) is 0 Å². The van der Waals surface area contributed by atoms with Gasteiger partial charge in [0.1, 0.15) is 10.8 Å². The van der Waals surface area contributed by atoms with Crippen molar-refractivity contribution in [2.45, 2.75) is 26.0 Å². The fourth-order valence-corrected chi connectivity index (χ4v) is 1.10. The number of aliphatic hydroxyl groups is 1. The molecular formula is C10H13ClN2O2. The molecule has 0 bridgehead atoms. The van der Waals surface area contributed by atoms with Crippen molar-refractivity contribution >= 4 is 17.5 Å². The summed E-state index contributed by atoms with van der Waals surface area (Å²) in [5, 5.41) is 12.1. The van der Waals surface area contributed by atoms with Gasteiger partial charge in [-0.15, -0.1) is 0 Å². The first kappa shape index (κ1) is 11.9. The lowest BCUT2D eigenvalue weighted by atomic mass is 10.2. The molecular weight excluding hydrogens is 216 g/mol. The van der Waals surface area contributed by atoms with Gasteiger partial charge in [-0.05, 0) is 26.0 Å². The Morgan fingerprint density at radius 3 is 2.73 bits per heavy atom. The quantitative estimate of drug-likeness (QED) is 0.765. The first-order valence-electron chi connectivity index (χ1n) is 4.62. The highest BCUT2D eigenvalue weighted by Gasteiger charge is 2.14. The van der Waals surface area contributed by atoms with Crippen molar-refractivity contribution in [3.05, 3.63) is 29.0 Å². The molecule has 1 rings (SSSR count). The van der Waals surface area contributed by atoms with Gasteiger partial charge in [-0.1, -0.05) is 17.7 Å². The van der Waals surface area contributed by atoms with Crippen molar-refractivity contribution in [2.75, 3.05) is 0 Å². The molecule has 0 aliphatic rings. The van der Waals surface area contributed by atoms with E-state index < -0.39 is 6.10 Å². The Bertz CT molecular complexity index is 355. The van der Waals surface area contributed by atoms with Crippen LogP contribution in [0.5, 0.6) is 0 Å². The number of amides is 1. The summed E-state index contributed by atoms with van der Waals surface area (Å²) in [5.41, 5.74) is 0.245. The van der Waals surface area contributed by atoms with Crippen LogP contribution in [0.3, 0.4) is 0 Å². The standard InChI is InChI=1S/C10H13ClN2O2/c1-6(7(2)14)12-10(15)8-4-3-5-9(11)13-8/h3-7,14H,1-2H3,(H,12,15). The summed E-state index contributed by atoms with van der Waals surface area (Å²) in [4.78, 5) is 15.4. The van der Waals surface area contributed by atoms with Gasteiger partial charge < -0.3 is 10.4 Å². The lowest BCUT2D eigenvalue weighted by Gasteiger charge is -2.15. The van der Waals surface area contributed by atoms with Crippen molar-refractivity contribution in [1.82, 2.24) is 10.3 Å². The number of hydrogen-bond donors (Lipinski definition) is 2. The summed E-state index contributed by atoms with van der Waals surface area (Å²) in [5.74, 6) is -0.342. The second-order valence-electron chi connectivity index (χ2n) is 3.35. The van der Waals surface area contributed by atoms with Crippen molar-refractivity contribution in [3.8, 4) is 0 Å². The number of aliphatic hydroxyl groups excluding tert-OH is 1. The average molecular weight is 229 g/mol. The molecule has 0 saturated heterocycles. The molecule has 0 aliphatic carbocycles. The summed E-state index contributed by atoms with van der Waals surface area (Å²) in [6, 6.07) is 4.49. The van der Waals surface area contributed by atoms with Crippen LogP contribution in [0.15, 0.2) is 18.2 Å². The van der Waals surface area contributed by atoms with Gasteiger partial charge in [0, 0.05) is 0 Å². The molecule has 2 atom stereocenters. The second kappa shape index (κ2) is 5.09. The number of nitrogens with one attached hydrogen (secondary N) is 1. The average Bonchev–Trinajstić information content (AvgIpc) is 2.17. The predicted octanol–water partition coefficient (Wildman–Crippen LogP) is 1.23. The van der Waals surface area contributed by atoms with Crippen LogP contribution in [0.2, 0.25) is 5.15 Å². The predicted molar refractivity (Wildman–Crippen MR) is 57.9 cm³/mol. The molecule has 2 N–H and O–H groups in total. The maximum Gasteiger partial charge on any atom is 0.270 e. The summed E-state index contributed by atoms with van der Waals surface area (Å²) >= 11 is 5.65. The van der Waals surface area contributed by atoms with E-state index >= 15 is 0 Å². The van der Waals surface area contributed by atoms with Gasteiger partial charge in [0.25, 0.3) is 5.91 Å². The number of carbonyl (C=O) groups is 1. The fraction of sp³-hybridized carbons (Fsp3) is 0.400. The minimum Gasteiger partial charge on any atom is -0.391 e. The van der Waals surface area contributed by atoms with Crippen LogP contribution in [-0.2, 0) is 0 Å². The lowest BCUT2D eigenvalue weighted by Crippen LogP contribution is -2.40. The summed E-state index contributed by atoms with van der Waals surface area (Å²) in [7, 11) is 0. The van der Waals surface area contributed by atoms with Crippen LogP contribution in [0, 0.1) is 0 Å². The Balaban J connectivity index is 2.69. The third-order valence-electron chi connectivity index (χ3n) is 2.03. The Labute approximate surface area is 93.3 Å². The van der Waals surface area contributed by atoms with E-state index in [2.05, 4.69) is 10.3 Å². The first-order chi connectivity index (χ1) is 7.00. The monoisotopic (exact) mass is 228 g/mol. The molecule has 0 fully saturated rings. The molecule has 5 heteroatoms. The van der Waals surface area contributed by atoms with Gasteiger partial charge in [0.2, 0.25) is 0 Å². The van der Waals surface area contributed by atoms with Crippen molar-refractivity contribution in [3.63, 3.8) is 0 Å². The van der Waals surface area contributed by atoms with Gasteiger partial charge in [-0.25, -0.2) is 4.98 Å². The molecule has 1 aromatic heterocycles. The Morgan fingerprint density at radius 1 is 1.53 bits per heavy atom. The molecule has 2 unspecified atom stereocenters. The molecule has 0 aromatic carbocycles. The maximum atomic E-state index is 11.6. The molecule has 1 amide bonds. The highest BCUT2D eigenvalue weighted by molar-refractivity contribution is 6.29. The summed E-state index contributed by atoms with van der Waals surface area (Å²) < 4.78 is 0. The molecule has 4 nitrogen and oxygen atoms in total. The minimum absolute atomic E-state index is 0.245. The van der Waals surface area contributed by atoms with Gasteiger partial charge >= 0.3 is 0 Å². The van der Waals surface area contributed by atoms with Gasteiger partial charge in [0.15, 0.2) is 0 Å². The van der Waals surface area contributed by atoms with E-state index in [0.29, 0.717) is 0 Å². The molecule has 15 heavy (non-hydrogen) atoms. The highest BCUT2D eigenvalue weighted by atomic mass is 35.5. The van der Waals surface area contributed by atoms with Crippen LogP contribution in [-0.4, -0.2) is 28.1 Å². The van der Waals surface area contributed by atoms with E-state index in [0.717, 1.165) is 0 Å². The van der Waals surface area contributed by atoms with E-state index in [1.54, 1.807) is 32.0 Å². The molecule has 0 aliphatic heterocycles. The Hall–Kier alpha value is -1.13. The van der Waals surface area contributed by atoms with E-state index in [1.165, 1.54) is 0 Å². The number of rotatable bonds is 3. The maximum absolute atomic E-state index is 11.6. The van der Waals surface area contributed by atoms with Crippen LogP contribution < -0.4 is 5.32 Å². The van der Waals surface area contributed by atoms with Crippen molar-refractivity contribution in [1.29, 1.82) is 0 Å². The SMILES string of the molecule is CC(O)C(C)NC(=O)c1cccc(Cl)n1. The number of hydrogen-bond acceptors (Lipinski definition) is 3. The van der Waals surface area contributed by atoms with E-state index in [9.17, 15) is 9.90 Å². The normalized spacial score (nSPS) is 14.4. The summed E-state index contributed by atoms with van der Waals surface area (Å²) in [6.07, 6.45) is -0.604. The van der Waals surface area contributed by atoms with Gasteiger partial charge in [0.05, 0.1) is 12.1 Å². The largest absolute Gasteiger partial charge is 0.391 e. The van der Waals surface area contributed by atoms with Crippen molar-refractivity contribution < 1.29 is 9.90 Å². The first-order valence-corrected chi connectivity index (χ1v) is 5.00. The third kappa shape index (κ3) is 3.49. The number of nitrogens with zero attached hydrogens (tertiary/aromatic N) is 1. The van der Waals surface area contributed by atoms with Gasteiger partial charge in [-0.3, -0.25) is 4.79 Å². The topological polar surface area (TPSA) is 62.2 Å². The smallest absolute Gasteiger partial charge is 0.270 e.